The summed E-state index contributed by atoms with van der Waals surface area (Å²) in [7, 11) is 2.01. The van der Waals surface area contributed by atoms with Crippen LogP contribution in [0.5, 0.6) is 0 Å². The van der Waals surface area contributed by atoms with Crippen molar-refractivity contribution in [1.29, 1.82) is 0 Å². The van der Waals surface area contributed by atoms with Gasteiger partial charge in [-0.3, -0.25) is 9.69 Å². The lowest BCUT2D eigenvalue weighted by molar-refractivity contribution is -0.134. The molecule has 0 aromatic carbocycles. The molecule has 1 rings (SSSR count). The van der Waals surface area contributed by atoms with Gasteiger partial charge in [-0.05, 0) is 26.9 Å². The Balaban J connectivity index is 2.37. The quantitative estimate of drug-likeness (QED) is 0.722. The fourth-order valence-electron chi connectivity index (χ4n) is 1.99. The van der Waals surface area contributed by atoms with Gasteiger partial charge in [-0.25, -0.2) is 0 Å². The molecule has 1 saturated heterocycles. The zero-order valence-electron chi connectivity index (χ0n) is 10.1. The van der Waals surface area contributed by atoms with Gasteiger partial charge in [0.05, 0.1) is 6.54 Å². The number of carbonyl (C=O) groups excluding carboxylic acids is 1. The number of hydrogen-bond donors (Lipinski definition) is 1. The Hall–Kier alpha value is -0.610. The Morgan fingerprint density at radius 2 is 2.33 bits per heavy atom. The van der Waals surface area contributed by atoms with E-state index in [1.54, 1.807) is 0 Å². The molecule has 0 aliphatic carbocycles. The summed E-state index contributed by atoms with van der Waals surface area (Å²) in [5.74, 6) is 0.264. The second-order valence-corrected chi connectivity index (χ2v) is 4.38. The highest BCUT2D eigenvalue weighted by molar-refractivity contribution is 5.78. The molecule has 1 aliphatic rings. The van der Waals surface area contributed by atoms with Crippen LogP contribution in [0, 0.1) is 0 Å². The van der Waals surface area contributed by atoms with Crippen LogP contribution in [-0.4, -0.2) is 61.5 Å². The number of likely N-dealkylation sites (N-methyl/N-ethyl adjacent to an activating group) is 1. The first-order valence-corrected chi connectivity index (χ1v) is 5.84. The summed E-state index contributed by atoms with van der Waals surface area (Å²) in [6.07, 6.45) is 1.10. The molecule has 1 atom stereocenters. The molecule has 0 bridgehead atoms. The van der Waals surface area contributed by atoms with Gasteiger partial charge in [0.1, 0.15) is 0 Å². The molecule has 15 heavy (non-hydrogen) atoms. The Bertz CT molecular complexity index is 208. The second-order valence-electron chi connectivity index (χ2n) is 4.38. The largest absolute Gasteiger partial charge is 0.336 e. The van der Waals surface area contributed by atoms with Crippen LogP contribution < -0.4 is 5.32 Å². The molecule has 88 valence electrons. The van der Waals surface area contributed by atoms with Gasteiger partial charge < -0.3 is 10.2 Å². The molecule has 1 fully saturated rings. The molecule has 0 aromatic rings. The lowest BCUT2D eigenvalue weighted by Crippen LogP contribution is -2.54. The average molecular weight is 213 g/mol. The molecule has 0 radical (unpaired) electrons. The predicted octanol–water partition coefficient (Wildman–Crippen LogP) is 0.149. The highest BCUT2D eigenvalue weighted by Crippen LogP contribution is 2.03. The van der Waals surface area contributed by atoms with Crippen molar-refractivity contribution in [3.05, 3.63) is 0 Å². The Kier molecular flexibility index (Phi) is 5.05. The van der Waals surface area contributed by atoms with E-state index in [0.29, 0.717) is 12.6 Å². The fraction of sp³-hybridized carbons (Fsp3) is 0.909. The zero-order chi connectivity index (χ0) is 11.3. The number of rotatable bonds is 4. The minimum atomic E-state index is 0.264. The summed E-state index contributed by atoms with van der Waals surface area (Å²) in [6.45, 7) is 8.47. The summed E-state index contributed by atoms with van der Waals surface area (Å²) in [5.41, 5.74) is 0. The lowest BCUT2D eigenvalue weighted by Gasteiger charge is -2.35. The third kappa shape index (κ3) is 3.80. The Labute approximate surface area is 92.6 Å². The van der Waals surface area contributed by atoms with E-state index in [1.807, 2.05) is 11.9 Å². The van der Waals surface area contributed by atoms with E-state index in [0.717, 1.165) is 32.6 Å². The number of carbonyl (C=O) groups is 1. The maximum absolute atomic E-state index is 12.0. The van der Waals surface area contributed by atoms with Crippen LogP contribution in [0.4, 0.5) is 0 Å². The molecular formula is C11H23N3O. The number of amides is 1. The van der Waals surface area contributed by atoms with Gasteiger partial charge in [0, 0.05) is 25.7 Å². The Morgan fingerprint density at radius 3 is 2.93 bits per heavy atom. The van der Waals surface area contributed by atoms with E-state index >= 15 is 0 Å². The average Bonchev–Trinajstić information content (AvgIpc) is 2.18. The number of nitrogens with zero attached hydrogens (tertiary/aromatic N) is 2. The van der Waals surface area contributed by atoms with Gasteiger partial charge in [0.25, 0.3) is 0 Å². The molecule has 0 spiro atoms. The van der Waals surface area contributed by atoms with Crippen LogP contribution in [0.2, 0.25) is 0 Å². The minimum absolute atomic E-state index is 0.264. The number of piperazine rings is 1. The summed E-state index contributed by atoms with van der Waals surface area (Å²) >= 11 is 0. The van der Waals surface area contributed by atoms with Crippen LogP contribution in [-0.2, 0) is 4.79 Å². The third-order valence-corrected chi connectivity index (χ3v) is 2.83. The topological polar surface area (TPSA) is 35.6 Å². The maximum atomic E-state index is 12.0. The predicted molar refractivity (Wildman–Crippen MR) is 61.8 cm³/mol. The summed E-state index contributed by atoms with van der Waals surface area (Å²) < 4.78 is 0. The molecular weight excluding hydrogens is 190 g/mol. The molecule has 4 heteroatoms. The SMILES string of the molecule is CCCN(C)CC(=O)N1CCNC[C@@H]1C. The molecule has 0 unspecified atom stereocenters. The minimum Gasteiger partial charge on any atom is -0.336 e. The van der Waals surface area contributed by atoms with Gasteiger partial charge in [0.15, 0.2) is 0 Å². The van der Waals surface area contributed by atoms with Crippen molar-refractivity contribution in [2.45, 2.75) is 26.3 Å². The van der Waals surface area contributed by atoms with Gasteiger partial charge >= 0.3 is 0 Å². The highest BCUT2D eigenvalue weighted by Gasteiger charge is 2.23. The van der Waals surface area contributed by atoms with E-state index in [9.17, 15) is 4.79 Å². The van der Waals surface area contributed by atoms with Crippen molar-refractivity contribution in [1.82, 2.24) is 15.1 Å². The standard InChI is InChI=1S/C11H23N3O/c1-4-6-13(3)9-11(15)14-7-5-12-8-10(14)2/h10,12H,4-9H2,1-3H3/t10-/m0/s1. The van der Waals surface area contributed by atoms with Crippen LogP contribution in [0.3, 0.4) is 0 Å². The normalized spacial score (nSPS) is 22.1. The first-order chi connectivity index (χ1) is 7.15. The van der Waals surface area contributed by atoms with Crippen molar-refractivity contribution >= 4 is 5.91 Å². The van der Waals surface area contributed by atoms with Crippen molar-refractivity contribution < 1.29 is 4.79 Å². The van der Waals surface area contributed by atoms with E-state index in [1.165, 1.54) is 0 Å². The van der Waals surface area contributed by atoms with Crippen molar-refractivity contribution in [3.63, 3.8) is 0 Å². The van der Waals surface area contributed by atoms with Crippen molar-refractivity contribution in [2.75, 3.05) is 39.8 Å². The van der Waals surface area contributed by atoms with Crippen LogP contribution in [0.15, 0.2) is 0 Å². The van der Waals surface area contributed by atoms with Gasteiger partial charge in [-0.1, -0.05) is 6.92 Å². The van der Waals surface area contributed by atoms with E-state index in [4.69, 9.17) is 0 Å². The smallest absolute Gasteiger partial charge is 0.237 e. The van der Waals surface area contributed by atoms with Gasteiger partial charge in [-0.15, -0.1) is 0 Å². The molecule has 0 aromatic heterocycles. The van der Waals surface area contributed by atoms with Gasteiger partial charge in [0.2, 0.25) is 5.91 Å². The van der Waals surface area contributed by atoms with Gasteiger partial charge in [-0.2, -0.15) is 0 Å². The first-order valence-electron chi connectivity index (χ1n) is 5.84. The second kappa shape index (κ2) is 6.08. The van der Waals surface area contributed by atoms with Crippen LogP contribution in [0.25, 0.3) is 0 Å². The van der Waals surface area contributed by atoms with E-state index in [2.05, 4.69) is 24.1 Å². The molecule has 1 amide bonds. The maximum Gasteiger partial charge on any atom is 0.237 e. The summed E-state index contributed by atoms with van der Waals surface area (Å²) in [5, 5.41) is 3.29. The third-order valence-electron chi connectivity index (χ3n) is 2.83. The van der Waals surface area contributed by atoms with E-state index < -0.39 is 0 Å². The molecule has 1 heterocycles. The summed E-state index contributed by atoms with van der Waals surface area (Å²) in [6, 6.07) is 0.335. The zero-order valence-corrected chi connectivity index (χ0v) is 10.1. The fourth-order valence-corrected chi connectivity index (χ4v) is 1.99. The van der Waals surface area contributed by atoms with Crippen molar-refractivity contribution in [3.8, 4) is 0 Å². The Morgan fingerprint density at radius 1 is 1.60 bits per heavy atom. The number of hydrogen-bond acceptors (Lipinski definition) is 3. The highest BCUT2D eigenvalue weighted by atomic mass is 16.2. The monoisotopic (exact) mass is 213 g/mol. The van der Waals surface area contributed by atoms with Crippen LogP contribution >= 0.6 is 0 Å². The van der Waals surface area contributed by atoms with Crippen LogP contribution in [0.1, 0.15) is 20.3 Å². The lowest BCUT2D eigenvalue weighted by atomic mass is 10.2. The summed E-state index contributed by atoms with van der Waals surface area (Å²) in [4.78, 5) is 16.0. The molecule has 1 N–H and O–H groups in total. The number of nitrogens with one attached hydrogen (secondary N) is 1. The van der Waals surface area contributed by atoms with E-state index in [-0.39, 0.29) is 5.91 Å². The molecule has 1 aliphatic heterocycles. The molecule has 0 saturated carbocycles. The van der Waals surface area contributed by atoms with Crippen molar-refractivity contribution in [2.24, 2.45) is 0 Å². The molecule has 4 nitrogen and oxygen atoms in total. The first kappa shape index (κ1) is 12.5.